The molecule has 0 saturated carbocycles. The summed E-state index contributed by atoms with van der Waals surface area (Å²) in [6.07, 6.45) is 2.22. The molecule has 2 saturated heterocycles. The molecule has 2 amide bonds. The van der Waals surface area contributed by atoms with Crippen LogP contribution in [0.1, 0.15) is 39.3 Å². The van der Waals surface area contributed by atoms with Crippen LogP contribution in [-0.2, 0) is 14.6 Å². The second-order valence-corrected chi connectivity index (χ2v) is 10.8. The average Bonchev–Trinajstić information content (AvgIpc) is 3.48. The van der Waals surface area contributed by atoms with Crippen LogP contribution in [0.15, 0.2) is 41.8 Å². The maximum Gasteiger partial charge on any atom is 0.265 e. The van der Waals surface area contributed by atoms with Crippen molar-refractivity contribution in [1.82, 2.24) is 4.90 Å². The number of hydrogen-bond acceptors (Lipinski definition) is 6. The van der Waals surface area contributed by atoms with Crippen molar-refractivity contribution in [2.75, 3.05) is 30.0 Å². The third-order valence-corrected chi connectivity index (χ3v) is 8.09. The molecule has 1 N–H and O–H groups in total. The first-order valence-electron chi connectivity index (χ1n) is 9.99. The van der Waals surface area contributed by atoms with Crippen LogP contribution in [0.4, 0.5) is 5.69 Å². The summed E-state index contributed by atoms with van der Waals surface area (Å²) in [5.74, 6) is -0.287. The Labute approximate surface area is 180 Å². The predicted molar refractivity (Wildman–Crippen MR) is 116 cm³/mol. The lowest BCUT2D eigenvalue weighted by molar-refractivity contribution is 0.0441. The Hall–Kier alpha value is -2.23. The molecule has 9 heteroatoms. The molecule has 4 rings (SSSR count). The van der Waals surface area contributed by atoms with E-state index < -0.39 is 9.84 Å². The zero-order chi connectivity index (χ0) is 21.1. The molecule has 0 radical (unpaired) electrons. The number of sulfone groups is 1. The maximum absolute atomic E-state index is 13.2. The lowest BCUT2D eigenvalue weighted by Gasteiger charge is -2.30. The monoisotopic (exact) mass is 448 g/mol. The van der Waals surface area contributed by atoms with Crippen molar-refractivity contribution in [1.29, 1.82) is 0 Å². The number of ether oxygens (including phenoxy) is 1. The van der Waals surface area contributed by atoms with E-state index in [1.54, 1.807) is 35.2 Å². The number of anilines is 1. The highest BCUT2D eigenvalue weighted by molar-refractivity contribution is 7.91. The average molecular weight is 449 g/mol. The van der Waals surface area contributed by atoms with Gasteiger partial charge >= 0.3 is 0 Å². The van der Waals surface area contributed by atoms with Crippen LogP contribution >= 0.6 is 11.3 Å². The fraction of sp³-hybridized carbons (Fsp3) is 0.429. The van der Waals surface area contributed by atoms with E-state index in [1.807, 2.05) is 11.4 Å². The lowest BCUT2D eigenvalue weighted by atomic mass is 10.1. The Bertz CT molecular complexity index is 997. The topological polar surface area (TPSA) is 92.8 Å². The van der Waals surface area contributed by atoms with E-state index in [9.17, 15) is 18.0 Å². The van der Waals surface area contributed by atoms with Crippen molar-refractivity contribution in [3.63, 3.8) is 0 Å². The minimum Gasteiger partial charge on any atom is -0.376 e. The zero-order valence-electron chi connectivity index (χ0n) is 16.5. The van der Waals surface area contributed by atoms with Gasteiger partial charge in [-0.15, -0.1) is 11.3 Å². The SMILES string of the molecule is O=C(Nc1ccc(C(=O)N(CC2CCCO2)C2CCS(=O)(=O)C2)cc1)c1cccs1. The Morgan fingerprint density at radius 1 is 1.17 bits per heavy atom. The number of carbonyl (C=O) groups excluding carboxylic acids is 2. The molecule has 2 aliphatic rings. The summed E-state index contributed by atoms with van der Waals surface area (Å²) >= 11 is 1.36. The molecule has 1 aromatic heterocycles. The van der Waals surface area contributed by atoms with Gasteiger partial charge in [-0.2, -0.15) is 0 Å². The van der Waals surface area contributed by atoms with Crippen molar-refractivity contribution >= 4 is 38.7 Å². The number of hydrogen-bond donors (Lipinski definition) is 1. The minimum atomic E-state index is -3.11. The number of amides is 2. The lowest BCUT2D eigenvalue weighted by Crippen LogP contribution is -2.45. The van der Waals surface area contributed by atoms with Gasteiger partial charge in [0.25, 0.3) is 11.8 Å². The van der Waals surface area contributed by atoms with E-state index in [2.05, 4.69) is 5.32 Å². The standard InChI is InChI=1S/C21H24N2O5S2/c24-20(19-4-2-11-29-19)22-16-7-5-15(6-8-16)21(25)23(13-18-3-1-10-28-18)17-9-12-30(26,27)14-17/h2,4-8,11,17-18H,1,3,9-10,12-14H2,(H,22,24). The maximum atomic E-state index is 13.2. The van der Waals surface area contributed by atoms with Crippen molar-refractivity contribution in [2.45, 2.75) is 31.4 Å². The van der Waals surface area contributed by atoms with Gasteiger partial charge in [0, 0.05) is 30.4 Å². The van der Waals surface area contributed by atoms with Crippen molar-refractivity contribution in [3.8, 4) is 0 Å². The Balaban J connectivity index is 1.48. The van der Waals surface area contributed by atoms with E-state index in [1.165, 1.54) is 11.3 Å². The summed E-state index contributed by atoms with van der Waals surface area (Å²) in [4.78, 5) is 27.7. The van der Waals surface area contributed by atoms with Gasteiger partial charge in [-0.25, -0.2) is 8.42 Å². The highest BCUT2D eigenvalue weighted by Gasteiger charge is 2.36. The molecule has 160 valence electrons. The number of carbonyl (C=O) groups is 2. The normalized spacial score (nSPS) is 22.7. The summed E-state index contributed by atoms with van der Waals surface area (Å²) < 4.78 is 29.6. The fourth-order valence-corrected chi connectivity index (χ4v) is 6.24. The van der Waals surface area contributed by atoms with Gasteiger partial charge in [0.1, 0.15) is 0 Å². The van der Waals surface area contributed by atoms with Gasteiger partial charge in [-0.3, -0.25) is 9.59 Å². The van der Waals surface area contributed by atoms with Crippen LogP contribution in [0.5, 0.6) is 0 Å². The first-order valence-corrected chi connectivity index (χ1v) is 12.7. The third-order valence-electron chi connectivity index (χ3n) is 5.47. The summed E-state index contributed by atoms with van der Waals surface area (Å²) in [7, 11) is -3.11. The first kappa shape index (κ1) is 21.0. The quantitative estimate of drug-likeness (QED) is 0.734. The van der Waals surface area contributed by atoms with Gasteiger partial charge in [0.2, 0.25) is 0 Å². The molecule has 0 aliphatic carbocycles. The van der Waals surface area contributed by atoms with Crippen LogP contribution in [-0.4, -0.2) is 61.9 Å². The zero-order valence-corrected chi connectivity index (χ0v) is 18.1. The first-order chi connectivity index (χ1) is 14.4. The predicted octanol–water partition coefficient (Wildman–Crippen LogP) is 2.81. The van der Waals surface area contributed by atoms with Crippen molar-refractivity contribution < 1.29 is 22.7 Å². The molecule has 1 aromatic carbocycles. The summed E-state index contributed by atoms with van der Waals surface area (Å²) in [5.41, 5.74) is 1.06. The van der Waals surface area contributed by atoms with E-state index in [4.69, 9.17) is 4.74 Å². The second kappa shape index (κ2) is 8.87. The molecule has 2 atom stereocenters. The van der Waals surface area contributed by atoms with E-state index >= 15 is 0 Å². The highest BCUT2D eigenvalue weighted by Crippen LogP contribution is 2.24. The molecule has 7 nitrogen and oxygen atoms in total. The smallest absolute Gasteiger partial charge is 0.265 e. The molecule has 2 unspecified atom stereocenters. The molecule has 3 heterocycles. The van der Waals surface area contributed by atoms with Crippen LogP contribution in [0, 0.1) is 0 Å². The van der Waals surface area contributed by atoms with Crippen LogP contribution in [0.3, 0.4) is 0 Å². The van der Waals surface area contributed by atoms with Crippen LogP contribution in [0.2, 0.25) is 0 Å². The molecular formula is C21H24N2O5S2. The summed E-state index contributed by atoms with van der Waals surface area (Å²) in [5, 5.41) is 4.65. The highest BCUT2D eigenvalue weighted by atomic mass is 32.2. The number of nitrogens with one attached hydrogen (secondary N) is 1. The van der Waals surface area contributed by atoms with Gasteiger partial charge in [0.05, 0.1) is 22.5 Å². The molecule has 0 bridgehead atoms. The minimum absolute atomic E-state index is 0.000411. The second-order valence-electron chi connectivity index (χ2n) is 7.66. The number of rotatable bonds is 6. The summed E-state index contributed by atoms with van der Waals surface area (Å²) in [6, 6.07) is 9.94. The van der Waals surface area contributed by atoms with Gasteiger partial charge in [-0.05, 0) is 55.0 Å². The molecule has 2 aromatic rings. The third kappa shape index (κ3) is 4.91. The Morgan fingerprint density at radius 3 is 2.57 bits per heavy atom. The number of benzene rings is 1. The van der Waals surface area contributed by atoms with Crippen molar-refractivity contribution in [2.24, 2.45) is 0 Å². The molecule has 2 fully saturated rings. The van der Waals surface area contributed by atoms with E-state index in [-0.39, 0.29) is 35.5 Å². The van der Waals surface area contributed by atoms with Gasteiger partial charge in [0.15, 0.2) is 9.84 Å². The van der Waals surface area contributed by atoms with E-state index in [0.29, 0.717) is 35.7 Å². The molecule has 2 aliphatic heterocycles. The van der Waals surface area contributed by atoms with Crippen molar-refractivity contribution in [3.05, 3.63) is 52.2 Å². The van der Waals surface area contributed by atoms with Crippen LogP contribution < -0.4 is 5.32 Å². The van der Waals surface area contributed by atoms with Crippen LogP contribution in [0.25, 0.3) is 0 Å². The Kier molecular flexibility index (Phi) is 6.21. The number of thiophene rings is 1. The number of nitrogens with zero attached hydrogens (tertiary/aromatic N) is 1. The summed E-state index contributed by atoms with van der Waals surface area (Å²) in [6.45, 7) is 1.07. The largest absolute Gasteiger partial charge is 0.376 e. The van der Waals surface area contributed by atoms with Gasteiger partial charge < -0.3 is 15.0 Å². The fourth-order valence-electron chi connectivity index (χ4n) is 3.89. The Morgan fingerprint density at radius 2 is 1.97 bits per heavy atom. The van der Waals surface area contributed by atoms with E-state index in [0.717, 1.165) is 12.8 Å². The molecular weight excluding hydrogens is 424 g/mol. The molecule has 30 heavy (non-hydrogen) atoms. The van der Waals surface area contributed by atoms with Gasteiger partial charge in [-0.1, -0.05) is 6.07 Å². The molecule has 0 spiro atoms.